The van der Waals surface area contributed by atoms with E-state index in [1.807, 2.05) is 20.0 Å². The van der Waals surface area contributed by atoms with Gasteiger partial charge in [-0.25, -0.2) is 0 Å². The van der Waals surface area contributed by atoms with Gasteiger partial charge in [0, 0.05) is 12.3 Å². The molecule has 0 rings (SSSR count). The normalized spacial score (nSPS) is 12.8. The van der Waals surface area contributed by atoms with Crippen LogP contribution in [-0.4, -0.2) is 25.8 Å². The Morgan fingerprint density at radius 1 is 1.50 bits per heavy atom. The van der Waals surface area contributed by atoms with Crippen molar-refractivity contribution >= 4 is 5.71 Å². The van der Waals surface area contributed by atoms with E-state index in [0.717, 1.165) is 19.5 Å². The van der Waals surface area contributed by atoms with Gasteiger partial charge in [0.05, 0.1) is 6.54 Å². The van der Waals surface area contributed by atoms with E-state index in [0.29, 0.717) is 0 Å². The maximum absolute atomic E-state index is 4.46. The van der Waals surface area contributed by atoms with E-state index in [1.54, 1.807) is 0 Å². The highest BCUT2D eigenvalue weighted by molar-refractivity contribution is 5.86. The van der Waals surface area contributed by atoms with Crippen molar-refractivity contribution in [3.05, 3.63) is 12.2 Å². The average molecular weight is 168 g/mol. The number of aliphatic imine (C=N–C) groups is 1. The second-order valence-electron chi connectivity index (χ2n) is 2.76. The lowest BCUT2D eigenvalue weighted by Crippen LogP contribution is -2.18. The lowest BCUT2D eigenvalue weighted by Gasteiger charge is -2.02. The number of hydrogen-bond acceptors (Lipinski definition) is 2. The Kier molecular flexibility index (Phi) is 8.02. The molecule has 0 radical (unpaired) electrons. The molecule has 0 aromatic heterocycles. The van der Waals surface area contributed by atoms with Crippen LogP contribution in [0.15, 0.2) is 17.1 Å². The zero-order valence-electron chi connectivity index (χ0n) is 8.43. The number of nitrogens with zero attached hydrogens (tertiary/aromatic N) is 1. The highest BCUT2D eigenvalue weighted by Crippen LogP contribution is 1.91. The summed E-state index contributed by atoms with van der Waals surface area (Å²) in [5, 5.41) is 3.12. The minimum Gasteiger partial charge on any atom is -0.315 e. The zero-order valence-corrected chi connectivity index (χ0v) is 8.43. The number of nitrogens with one attached hydrogen (secondary N) is 1. The molecule has 0 atom stereocenters. The van der Waals surface area contributed by atoms with E-state index >= 15 is 0 Å². The van der Waals surface area contributed by atoms with Gasteiger partial charge in [0.1, 0.15) is 0 Å². The van der Waals surface area contributed by atoms with Crippen LogP contribution in [0, 0.1) is 0 Å². The minimum absolute atomic E-state index is 0.827. The molecular weight excluding hydrogens is 148 g/mol. The second-order valence-corrected chi connectivity index (χ2v) is 2.76. The van der Waals surface area contributed by atoms with Crippen LogP contribution in [0.5, 0.6) is 0 Å². The number of allylic oxidation sites excluding steroid dienone is 1. The lowest BCUT2D eigenvalue weighted by molar-refractivity contribution is 0.889. The minimum atomic E-state index is 0.827. The first-order valence-corrected chi connectivity index (χ1v) is 4.63. The summed E-state index contributed by atoms with van der Waals surface area (Å²) in [6.45, 7) is 5.95. The summed E-state index contributed by atoms with van der Waals surface area (Å²) in [6, 6.07) is 0. The molecule has 0 saturated carbocycles. The molecule has 2 nitrogen and oxygen atoms in total. The van der Waals surface area contributed by atoms with E-state index in [-0.39, 0.29) is 0 Å². The molecule has 0 aromatic rings. The molecule has 70 valence electrons. The summed E-state index contributed by atoms with van der Waals surface area (Å²) in [5.74, 6) is 0. The van der Waals surface area contributed by atoms with Crippen LogP contribution in [0.3, 0.4) is 0 Å². The van der Waals surface area contributed by atoms with Crippen LogP contribution in [0.1, 0.15) is 26.7 Å². The monoisotopic (exact) mass is 168 g/mol. The van der Waals surface area contributed by atoms with Crippen LogP contribution < -0.4 is 5.32 Å². The summed E-state index contributed by atoms with van der Waals surface area (Å²) < 4.78 is 0. The fourth-order valence-corrected chi connectivity index (χ4v) is 1.00. The third-order valence-corrected chi connectivity index (χ3v) is 1.58. The Bertz CT molecular complexity index is 140. The molecule has 0 aliphatic carbocycles. The third kappa shape index (κ3) is 6.10. The summed E-state index contributed by atoms with van der Waals surface area (Å²) in [4.78, 5) is 4.46. The van der Waals surface area contributed by atoms with Gasteiger partial charge in [-0.05, 0) is 20.4 Å². The Labute approximate surface area is 75.8 Å². The maximum Gasteiger partial charge on any atom is 0.0570 e. The Balaban J connectivity index is 3.80. The largest absolute Gasteiger partial charge is 0.315 e. The smallest absolute Gasteiger partial charge is 0.0570 e. The van der Waals surface area contributed by atoms with Gasteiger partial charge in [-0.3, -0.25) is 4.99 Å². The first-order chi connectivity index (χ1) is 5.85. The van der Waals surface area contributed by atoms with E-state index < -0.39 is 0 Å². The standard InChI is InChI=1S/C10H20N2/c1-4-6-8-12-10(7-5-2)9-11-3/h4,6,11H,5,7-9H2,1-3H3/b6-4-,12-10?. The molecule has 0 bridgehead atoms. The predicted molar refractivity (Wildman–Crippen MR) is 56.0 cm³/mol. The third-order valence-electron chi connectivity index (χ3n) is 1.58. The van der Waals surface area contributed by atoms with Gasteiger partial charge in [0.15, 0.2) is 0 Å². The fourth-order valence-electron chi connectivity index (χ4n) is 1.00. The van der Waals surface area contributed by atoms with Gasteiger partial charge in [-0.2, -0.15) is 0 Å². The zero-order chi connectivity index (χ0) is 9.23. The van der Waals surface area contributed by atoms with Crippen molar-refractivity contribution in [3.8, 4) is 0 Å². The van der Waals surface area contributed by atoms with Crippen molar-refractivity contribution in [1.82, 2.24) is 5.32 Å². The topological polar surface area (TPSA) is 24.4 Å². The molecule has 12 heavy (non-hydrogen) atoms. The molecule has 0 aliphatic heterocycles. The van der Waals surface area contributed by atoms with Crippen molar-refractivity contribution in [2.24, 2.45) is 4.99 Å². The molecule has 0 unspecified atom stereocenters. The molecular formula is C10H20N2. The quantitative estimate of drug-likeness (QED) is 0.476. The highest BCUT2D eigenvalue weighted by Gasteiger charge is 1.93. The second kappa shape index (κ2) is 8.47. The van der Waals surface area contributed by atoms with Crippen molar-refractivity contribution in [1.29, 1.82) is 0 Å². The van der Waals surface area contributed by atoms with Crippen LogP contribution in [-0.2, 0) is 0 Å². The molecule has 0 spiro atoms. The first kappa shape index (κ1) is 11.4. The molecule has 0 aromatic carbocycles. The van der Waals surface area contributed by atoms with Gasteiger partial charge in [-0.15, -0.1) is 0 Å². The summed E-state index contributed by atoms with van der Waals surface area (Å²) in [7, 11) is 1.96. The number of hydrogen-bond donors (Lipinski definition) is 1. The Morgan fingerprint density at radius 2 is 2.25 bits per heavy atom. The summed E-state index contributed by atoms with van der Waals surface area (Å²) in [5.41, 5.74) is 1.28. The van der Waals surface area contributed by atoms with Crippen LogP contribution >= 0.6 is 0 Å². The van der Waals surface area contributed by atoms with Crippen molar-refractivity contribution < 1.29 is 0 Å². The predicted octanol–water partition coefficient (Wildman–Crippen LogP) is 2.02. The van der Waals surface area contributed by atoms with Gasteiger partial charge in [0.2, 0.25) is 0 Å². The van der Waals surface area contributed by atoms with Crippen molar-refractivity contribution in [2.45, 2.75) is 26.7 Å². The summed E-state index contributed by atoms with van der Waals surface area (Å²) in [6.07, 6.45) is 6.40. The van der Waals surface area contributed by atoms with Crippen LogP contribution in [0.2, 0.25) is 0 Å². The molecule has 1 N–H and O–H groups in total. The molecule has 0 heterocycles. The molecule has 0 amide bonds. The summed E-state index contributed by atoms with van der Waals surface area (Å²) >= 11 is 0. The number of rotatable bonds is 6. The van der Waals surface area contributed by atoms with Crippen molar-refractivity contribution in [3.63, 3.8) is 0 Å². The van der Waals surface area contributed by atoms with Gasteiger partial charge in [0.25, 0.3) is 0 Å². The van der Waals surface area contributed by atoms with Crippen molar-refractivity contribution in [2.75, 3.05) is 20.1 Å². The molecule has 2 heteroatoms. The van der Waals surface area contributed by atoms with E-state index in [9.17, 15) is 0 Å². The Morgan fingerprint density at radius 3 is 2.75 bits per heavy atom. The van der Waals surface area contributed by atoms with E-state index in [2.05, 4.69) is 23.3 Å². The Hall–Kier alpha value is -0.630. The van der Waals surface area contributed by atoms with E-state index in [1.165, 1.54) is 12.1 Å². The SMILES string of the molecule is C/C=C\CN=C(CCC)CNC. The lowest BCUT2D eigenvalue weighted by atomic mass is 10.2. The molecule has 0 fully saturated rings. The average Bonchev–Trinajstić information content (AvgIpc) is 2.06. The molecule has 0 saturated heterocycles. The molecule has 0 aliphatic rings. The fraction of sp³-hybridized carbons (Fsp3) is 0.700. The highest BCUT2D eigenvalue weighted by atomic mass is 14.9. The van der Waals surface area contributed by atoms with Gasteiger partial charge >= 0.3 is 0 Å². The van der Waals surface area contributed by atoms with Gasteiger partial charge < -0.3 is 5.32 Å². The van der Waals surface area contributed by atoms with Crippen LogP contribution in [0.25, 0.3) is 0 Å². The maximum atomic E-state index is 4.46. The van der Waals surface area contributed by atoms with Gasteiger partial charge in [-0.1, -0.05) is 25.5 Å². The van der Waals surface area contributed by atoms with E-state index in [4.69, 9.17) is 0 Å². The first-order valence-electron chi connectivity index (χ1n) is 4.63. The van der Waals surface area contributed by atoms with Crippen LogP contribution in [0.4, 0.5) is 0 Å².